The van der Waals surface area contributed by atoms with Crippen LogP contribution in [0.15, 0.2) is 18.3 Å². The Labute approximate surface area is 89.9 Å². The van der Waals surface area contributed by atoms with Crippen molar-refractivity contribution in [1.29, 1.82) is 0 Å². The number of ketones is 1. The molecule has 84 valence electrons. The summed E-state index contributed by atoms with van der Waals surface area (Å²) in [4.78, 5) is 11.6. The van der Waals surface area contributed by atoms with E-state index >= 15 is 0 Å². The number of aliphatic hydroxyl groups is 1. The van der Waals surface area contributed by atoms with Gasteiger partial charge in [0, 0.05) is 32.8 Å². The van der Waals surface area contributed by atoms with Gasteiger partial charge < -0.3 is 15.0 Å². The van der Waals surface area contributed by atoms with Gasteiger partial charge in [-0.3, -0.25) is 4.79 Å². The molecule has 1 aromatic heterocycles. The van der Waals surface area contributed by atoms with Crippen LogP contribution in [0.4, 0.5) is 0 Å². The van der Waals surface area contributed by atoms with Gasteiger partial charge >= 0.3 is 0 Å². The van der Waals surface area contributed by atoms with E-state index in [9.17, 15) is 4.79 Å². The van der Waals surface area contributed by atoms with Gasteiger partial charge in [-0.05, 0) is 19.1 Å². The molecular formula is C11H18N2O2. The van der Waals surface area contributed by atoms with E-state index in [1.165, 1.54) is 0 Å². The molecule has 0 saturated carbocycles. The number of aryl methyl sites for hydroxylation is 1. The second-order valence-corrected chi connectivity index (χ2v) is 3.73. The lowest BCUT2D eigenvalue weighted by atomic mass is 10.2. The molecule has 0 spiro atoms. The lowest BCUT2D eigenvalue weighted by Crippen LogP contribution is -2.26. The Morgan fingerprint density at radius 1 is 1.67 bits per heavy atom. The van der Waals surface area contributed by atoms with Crippen molar-refractivity contribution in [2.45, 2.75) is 19.4 Å². The lowest BCUT2D eigenvalue weighted by Gasteiger charge is -2.06. The highest BCUT2D eigenvalue weighted by atomic mass is 16.3. The van der Waals surface area contributed by atoms with Crippen molar-refractivity contribution in [1.82, 2.24) is 9.88 Å². The van der Waals surface area contributed by atoms with E-state index < -0.39 is 0 Å². The maximum absolute atomic E-state index is 11.6. The third-order valence-electron chi connectivity index (χ3n) is 2.20. The molecule has 0 saturated heterocycles. The molecule has 0 aliphatic carbocycles. The Morgan fingerprint density at radius 3 is 2.93 bits per heavy atom. The number of Topliss-reactive ketones (excluding diaryl/α,β-unsaturated/α-hetero) is 1. The van der Waals surface area contributed by atoms with E-state index in [1.54, 1.807) is 6.92 Å². The van der Waals surface area contributed by atoms with Crippen molar-refractivity contribution in [2.75, 3.05) is 13.1 Å². The summed E-state index contributed by atoms with van der Waals surface area (Å²) < 4.78 is 1.82. The number of nitrogens with one attached hydrogen (secondary N) is 1. The van der Waals surface area contributed by atoms with Crippen molar-refractivity contribution in [3.8, 4) is 0 Å². The van der Waals surface area contributed by atoms with Gasteiger partial charge in [-0.2, -0.15) is 0 Å². The van der Waals surface area contributed by atoms with Crippen LogP contribution in [0.25, 0.3) is 0 Å². The van der Waals surface area contributed by atoms with Crippen LogP contribution < -0.4 is 5.32 Å². The zero-order valence-electron chi connectivity index (χ0n) is 9.23. The second kappa shape index (κ2) is 5.68. The van der Waals surface area contributed by atoms with Gasteiger partial charge in [0.05, 0.1) is 11.8 Å². The fourth-order valence-electron chi connectivity index (χ4n) is 1.39. The smallest absolute Gasteiger partial charge is 0.180 e. The fraction of sp³-hybridized carbons (Fsp3) is 0.545. The molecular weight excluding hydrogens is 192 g/mol. The van der Waals surface area contributed by atoms with Crippen molar-refractivity contribution in [3.05, 3.63) is 24.0 Å². The molecule has 1 aromatic rings. The summed E-state index contributed by atoms with van der Waals surface area (Å²) in [6.45, 7) is 2.85. The first kappa shape index (κ1) is 11.9. The van der Waals surface area contributed by atoms with Crippen LogP contribution in [0.2, 0.25) is 0 Å². The zero-order chi connectivity index (χ0) is 11.3. The van der Waals surface area contributed by atoms with E-state index in [2.05, 4.69) is 5.32 Å². The Morgan fingerprint density at radius 2 is 2.40 bits per heavy atom. The molecule has 0 bridgehead atoms. The number of rotatable bonds is 6. The minimum absolute atomic E-state index is 0.126. The molecule has 0 aliphatic heterocycles. The molecule has 4 nitrogen and oxygen atoms in total. The third kappa shape index (κ3) is 3.85. The summed E-state index contributed by atoms with van der Waals surface area (Å²) in [7, 11) is 1.86. The first-order chi connectivity index (χ1) is 7.11. The fourth-order valence-corrected chi connectivity index (χ4v) is 1.39. The third-order valence-corrected chi connectivity index (χ3v) is 2.20. The zero-order valence-corrected chi connectivity index (χ0v) is 9.23. The Balaban J connectivity index is 2.28. The predicted octanol–water partition coefficient (Wildman–Crippen LogP) is 0.568. The van der Waals surface area contributed by atoms with Crippen molar-refractivity contribution < 1.29 is 9.90 Å². The molecule has 1 unspecified atom stereocenters. The average Bonchev–Trinajstić information content (AvgIpc) is 2.58. The van der Waals surface area contributed by atoms with Gasteiger partial charge in [0.1, 0.15) is 0 Å². The molecule has 0 fully saturated rings. The van der Waals surface area contributed by atoms with Crippen LogP contribution in [0, 0.1) is 0 Å². The molecule has 0 amide bonds. The summed E-state index contributed by atoms with van der Waals surface area (Å²) >= 11 is 0. The van der Waals surface area contributed by atoms with Gasteiger partial charge in [-0.25, -0.2) is 0 Å². The predicted molar refractivity (Wildman–Crippen MR) is 58.9 cm³/mol. The molecule has 4 heteroatoms. The van der Waals surface area contributed by atoms with Gasteiger partial charge in [0.2, 0.25) is 0 Å². The number of nitrogens with zero attached hydrogens (tertiary/aromatic N) is 1. The average molecular weight is 210 g/mol. The number of hydrogen-bond donors (Lipinski definition) is 2. The Hall–Kier alpha value is -1.13. The van der Waals surface area contributed by atoms with Gasteiger partial charge in [-0.1, -0.05) is 0 Å². The van der Waals surface area contributed by atoms with E-state index in [1.807, 2.05) is 29.9 Å². The molecule has 1 atom stereocenters. The number of carbonyl (C=O) groups excluding carboxylic acids is 1. The summed E-state index contributed by atoms with van der Waals surface area (Å²) in [6.07, 6.45) is 1.95. The van der Waals surface area contributed by atoms with Crippen molar-refractivity contribution in [2.24, 2.45) is 7.05 Å². The monoisotopic (exact) mass is 210 g/mol. The second-order valence-electron chi connectivity index (χ2n) is 3.73. The lowest BCUT2D eigenvalue weighted by molar-refractivity contribution is 0.0972. The minimum atomic E-state index is -0.366. The van der Waals surface area contributed by atoms with Gasteiger partial charge in [0.15, 0.2) is 5.78 Å². The van der Waals surface area contributed by atoms with E-state index in [4.69, 9.17) is 5.11 Å². The summed E-state index contributed by atoms with van der Waals surface area (Å²) in [5.41, 5.74) is 0.730. The van der Waals surface area contributed by atoms with Crippen LogP contribution in [0.5, 0.6) is 0 Å². The highest BCUT2D eigenvalue weighted by molar-refractivity contribution is 5.94. The minimum Gasteiger partial charge on any atom is -0.392 e. The van der Waals surface area contributed by atoms with Gasteiger partial charge in [-0.15, -0.1) is 0 Å². The summed E-state index contributed by atoms with van der Waals surface area (Å²) in [5, 5.41) is 12.0. The quantitative estimate of drug-likeness (QED) is 0.533. The highest BCUT2D eigenvalue weighted by Crippen LogP contribution is 2.02. The van der Waals surface area contributed by atoms with Crippen LogP contribution >= 0.6 is 0 Å². The Bertz CT molecular complexity index is 318. The number of aromatic nitrogens is 1. The van der Waals surface area contributed by atoms with E-state index in [0.29, 0.717) is 19.5 Å². The maximum atomic E-state index is 11.6. The molecule has 0 radical (unpaired) electrons. The molecule has 15 heavy (non-hydrogen) atoms. The normalized spacial score (nSPS) is 12.7. The van der Waals surface area contributed by atoms with Crippen LogP contribution in [-0.4, -0.2) is 34.7 Å². The number of hydrogen-bond acceptors (Lipinski definition) is 3. The largest absolute Gasteiger partial charge is 0.392 e. The van der Waals surface area contributed by atoms with Crippen LogP contribution in [0.3, 0.4) is 0 Å². The number of carbonyl (C=O) groups is 1. The molecule has 1 heterocycles. The summed E-state index contributed by atoms with van der Waals surface area (Å²) in [6, 6.07) is 3.67. The Kier molecular flexibility index (Phi) is 4.52. The van der Waals surface area contributed by atoms with Crippen molar-refractivity contribution >= 4 is 5.78 Å². The summed E-state index contributed by atoms with van der Waals surface area (Å²) in [5.74, 6) is 0.126. The molecule has 0 aromatic carbocycles. The highest BCUT2D eigenvalue weighted by Gasteiger charge is 2.07. The molecule has 0 aliphatic rings. The SMILES string of the molecule is CC(O)CNCCC(=O)c1cccn1C. The first-order valence-corrected chi connectivity index (χ1v) is 5.14. The number of aliphatic hydroxyl groups excluding tert-OH is 1. The molecule has 1 rings (SSSR count). The standard InChI is InChI=1S/C11H18N2O2/c1-9(14)8-12-6-5-11(15)10-4-3-7-13(10)2/h3-4,7,9,12,14H,5-6,8H2,1-2H3. The van der Waals surface area contributed by atoms with Gasteiger partial charge in [0.25, 0.3) is 0 Å². The maximum Gasteiger partial charge on any atom is 0.180 e. The molecule has 2 N–H and O–H groups in total. The van der Waals surface area contributed by atoms with Crippen molar-refractivity contribution in [3.63, 3.8) is 0 Å². The van der Waals surface area contributed by atoms with Crippen LogP contribution in [-0.2, 0) is 7.05 Å². The van der Waals surface area contributed by atoms with E-state index in [-0.39, 0.29) is 11.9 Å². The van der Waals surface area contributed by atoms with Crippen LogP contribution in [0.1, 0.15) is 23.8 Å². The topological polar surface area (TPSA) is 54.3 Å². The van der Waals surface area contributed by atoms with E-state index in [0.717, 1.165) is 5.69 Å². The first-order valence-electron chi connectivity index (χ1n) is 5.14.